The van der Waals surface area contributed by atoms with E-state index in [1.54, 1.807) is 16.4 Å². The molecule has 5 rings (SSSR count). The summed E-state index contributed by atoms with van der Waals surface area (Å²) in [6.07, 6.45) is 3.58. The number of morpholine rings is 1. The first-order valence-electron chi connectivity index (χ1n) is 12.3. The number of sulfonamides is 1. The summed E-state index contributed by atoms with van der Waals surface area (Å²) in [6, 6.07) is 15.4. The zero-order chi connectivity index (χ0) is 23.7. The Morgan fingerprint density at radius 1 is 1.00 bits per heavy atom. The van der Waals surface area contributed by atoms with Crippen molar-refractivity contribution in [1.82, 2.24) is 9.21 Å². The van der Waals surface area contributed by atoms with E-state index in [0.29, 0.717) is 50.6 Å². The number of piperidine rings is 1. The first kappa shape index (κ1) is 23.5. The second-order valence-corrected chi connectivity index (χ2v) is 11.5. The summed E-state index contributed by atoms with van der Waals surface area (Å²) in [5, 5.41) is 0. The van der Waals surface area contributed by atoms with Crippen molar-refractivity contribution >= 4 is 21.6 Å². The van der Waals surface area contributed by atoms with Crippen molar-refractivity contribution in [3.63, 3.8) is 0 Å². The highest BCUT2D eigenvalue weighted by Gasteiger charge is 2.32. The van der Waals surface area contributed by atoms with Crippen LogP contribution in [0.3, 0.4) is 0 Å². The summed E-state index contributed by atoms with van der Waals surface area (Å²) in [5.41, 5.74) is 2.90. The fraction of sp³-hybridized carbons (Fsp3) is 0.500. The van der Waals surface area contributed by atoms with Gasteiger partial charge < -0.3 is 9.64 Å². The summed E-state index contributed by atoms with van der Waals surface area (Å²) in [7, 11) is -3.47. The van der Waals surface area contributed by atoms with E-state index in [1.807, 2.05) is 36.1 Å². The van der Waals surface area contributed by atoms with E-state index in [2.05, 4.69) is 17.0 Å². The number of hydrogen-bond donors (Lipinski definition) is 0. The first-order chi connectivity index (χ1) is 16.4. The van der Waals surface area contributed by atoms with Gasteiger partial charge in [-0.3, -0.25) is 9.69 Å². The van der Waals surface area contributed by atoms with Crippen molar-refractivity contribution in [2.45, 2.75) is 49.7 Å². The lowest BCUT2D eigenvalue weighted by atomic mass is 10.1. The molecule has 0 aliphatic carbocycles. The fourth-order valence-electron chi connectivity index (χ4n) is 5.35. The van der Waals surface area contributed by atoms with Crippen LogP contribution in [0.2, 0.25) is 0 Å². The monoisotopic (exact) mass is 483 g/mol. The van der Waals surface area contributed by atoms with Gasteiger partial charge in [-0.05, 0) is 55.5 Å². The molecule has 34 heavy (non-hydrogen) atoms. The molecule has 0 N–H and O–H groups in total. The minimum Gasteiger partial charge on any atom is -0.368 e. The first-order valence-corrected chi connectivity index (χ1v) is 13.7. The number of amides is 1. The van der Waals surface area contributed by atoms with Gasteiger partial charge in [0, 0.05) is 38.4 Å². The summed E-state index contributed by atoms with van der Waals surface area (Å²) in [6.45, 7) is 5.52. The van der Waals surface area contributed by atoms with Crippen LogP contribution < -0.4 is 4.90 Å². The van der Waals surface area contributed by atoms with Crippen LogP contribution in [0.4, 0.5) is 5.69 Å². The van der Waals surface area contributed by atoms with Crippen LogP contribution in [0, 0.1) is 0 Å². The molecule has 2 aromatic carbocycles. The van der Waals surface area contributed by atoms with Crippen LogP contribution in [0.1, 0.15) is 43.4 Å². The predicted molar refractivity (Wildman–Crippen MR) is 131 cm³/mol. The van der Waals surface area contributed by atoms with E-state index in [-0.39, 0.29) is 18.1 Å². The molecule has 1 amide bonds. The number of benzene rings is 2. The lowest BCUT2D eigenvalue weighted by molar-refractivity contribution is -0.124. The van der Waals surface area contributed by atoms with E-state index in [9.17, 15) is 13.2 Å². The normalized spacial score (nSPS) is 24.2. The third-order valence-corrected chi connectivity index (χ3v) is 8.96. The maximum atomic E-state index is 13.3. The van der Waals surface area contributed by atoms with Crippen LogP contribution >= 0.6 is 0 Å². The van der Waals surface area contributed by atoms with Gasteiger partial charge in [0.25, 0.3) is 0 Å². The smallest absolute Gasteiger partial charge is 0.243 e. The van der Waals surface area contributed by atoms with Gasteiger partial charge in [-0.1, -0.05) is 36.8 Å². The Morgan fingerprint density at radius 2 is 1.76 bits per heavy atom. The summed E-state index contributed by atoms with van der Waals surface area (Å²) in [4.78, 5) is 17.6. The molecule has 2 unspecified atom stereocenters. The molecular formula is C26H33N3O4S. The Hall–Kier alpha value is -2.26. The SMILES string of the molecule is CC1CN(CC(=O)N2CCc3cc(S(=O)(=O)N4CCCCC4)ccc32)CC(c2ccccc2)O1. The molecule has 0 aromatic heterocycles. The molecule has 3 heterocycles. The highest BCUT2D eigenvalue weighted by atomic mass is 32.2. The summed E-state index contributed by atoms with van der Waals surface area (Å²) >= 11 is 0. The Kier molecular flexibility index (Phi) is 6.75. The number of ether oxygens (including phenoxy) is 1. The zero-order valence-corrected chi connectivity index (χ0v) is 20.5. The Bertz CT molecular complexity index is 1130. The second kappa shape index (κ2) is 9.77. The molecule has 3 aliphatic rings. The maximum absolute atomic E-state index is 13.3. The minimum atomic E-state index is -3.47. The second-order valence-electron chi connectivity index (χ2n) is 9.59. The van der Waals surface area contributed by atoms with Gasteiger partial charge >= 0.3 is 0 Å². The molecule has 0 saturated carbocycles. The largest absolute Gasteiger partial charge is 0.368 e. The Labute approximate surface area is 202 Å². The number of carbonyl (C=O) groups excluding carboxylic acids is 1. The molecule has 182 valence electrons. The molecule has 7 nitrogen and oxygen atoms in total. The summed E-state index contributed by atoms with van der Waals surface area (Å²) in [5.74, 6) is 0.0475. The van der Waals surface area contributed by atoms with E-state index in [4.69, 9.17) is 4.74 Å². The zero-order valence-electron chi connectivity index (χ0n) is 19.7. The molecular weight excluding hydrogens is 450 g/mol. The number of carbonyl (C=O) groups is 1. The standard InChI is InChI=1S/C26H33N3O4S/c1-20-17-27(18-25(33-20)21-8-4-2-5-9-21)19-26(30)29-15-12-22-16-23(10-11-24(22)29)34(31,32)28-13-6-3-7-14-28/h2,4-5,8-11,16,20,25H,3,6-7,12-15,17-19H2,1H3. The third-order valence-electron chi connectivity index (χ3n) is 7.07. The van der Waals surface area contributed by atoms with Gasteiger partial charge in [0.1, 0.15) is 0 Å². The van der Waals surface area contributed by atoms with E-state index >= 15 is 0 Å². The predicted octanol–water partition coefficient (Wildman–Crippen LogP) is 3.21. The number of hydrogen-bond acceptors (Lipinski definition) is 5. The van der Waals surface area contributed by atoms with E-state index in [1.165, 1.54) is 0 Å². The lowest BCUT2D eigenvalue weighted by Gasteiger charge is -2.37. The van der Waals surface area contributed by atoms with E-state index in [0.717, 1.165) is 36.1 Å². The van der Waals surface area contributed by atoms with Crippen LogP contribution in [0.25, 0.3) is 0 Å². The molecule has 0 radical (unpaired) electrons. The van der Waals surface area contributed by atoms with Crippen LogP contribution in [0.5, 0.6) is 0 Å². The summed E-state index contributed by atoms with van der Waals surface area (Å²) < 4.78 is 33.9. The van der Waals surface area contributed by atoms with Crippen molar-refractivity contribution in [3.8, 4) is 0 Å². The van der Waals surface area contributed by atoms with Crippen molar-refractivity contribution in [2.24, 2.45) is 0 Å². The quantitative estimate of drug-likeness (QED) is 0.653. The molecule has 2 aromatic rings. The van der Waals surface area contributed by atoms with E-state index < -0.39 is 10.0 Å². The van der Waals surface area contributed by atoms with Crippen molar-refractivity contribution in [2.75, 3.05) is 44.2 Å². The molecule has 2 fully saturated rings. The van der Waals surface area contributed by atoms with Gasteiger partial charge in [-0.25, -0.2) is 8.42 Å². The third kappa shape index (κ3) is 4.77. The molecule has 2 saturated heterocycles. The lowest BCUT2D eigenvalue weighted by Crippen LogP contribution is -2.48. The van der Waals surface area contributed by atoms with Gasteiger partial charge in [0.15, 0.2) is 0 Å². The molecule has 3 aliphatic heterocycles. The van der Waals surface area contributed by atoms with Gasteiger partial charge in [-0.2, -0.15) is 4.31 Å². The van der Waals surface area contributed by atoms with Crippen molar-refractivity contribution < 1.29 is 17.9 Å². The highest BCUT2D eigenvalue weighted by molar-refractivity contribution is 7.89. The van der Waals surface area contributed by atoms with Crippen LogP contribution in [-0.4, -0.2) is 68.9 Å². The fourth-order valence-corrected chi connectivity index (χ4v) is 6.92. The average molecular weight is 484 g/mol. The number of fused-ring (bicyclic) bond motifs is 1. The molecule has 2 atom stereocenters. The topological polar surface area (TPSA) is 70.2 Å². The van der Waals surface area contributed by atoms with Gasteiger partial charge in [-0.15, -0.1) is 0 Å². The Balaban J connectivity index is 1.27. The maximum Gasteiger partial charge on any atom is 0.243 e. The Morgan fingerprint density at radius 3 is 2.53 bits per heavy atom. The average Bonchev–Trinajstić information content (AvgIpc) is 3.28. The number of rotatable bonds is 5. The van der Waals surface area contributed by atoms with Gasteiger partial charge in [0.05, 0.1) is 23.6 Å². The van der Waals surface area contributed by atoms with Gasteiger partial charge in [0.2, 0.25) is 15.9 Å². The highest BCUT2D eigenvalue weighted by Crippen LogP contribution is 2.32. The molecule has 0 bridgehead atoms. The minimum absolute atomic E-state index is 0.0418. The number of anilines is 1. The van der Waals surface area contributed by atoms with Crippen molar-refractivity contribution in [3.05, 3.63) is 59.7 Å². The number of nitrogens with zero attached hydrogens (tertiary/aromatic N) is 3. The van der Waals surface area contributed by atoms with Crippen LogP contribution in [0.15, 0.2) is 53.4 Å². The van der Waals surface area contributed by atoms with Crippen LogP contribution in [-0.2, 0) is 26.0 Å². The molecule has 8 heteroatoms. The molecule has 0 spiro atoms. The van der Waals surface area contributed by atoms with Crippen molar-refractivity contribution in [1.29, 1.82) is 0 Å².